The Morgan fingerprint density at radius 1 is 0.438 bits per heavy atom. The highest BCUT2D eigenvalue weighted by Crippen LogP contribution is 2.56. The molecule has 0 spiro atoms. The average molecular weight is 661 g/mol. The molecule has 6 heteroatoms. The van der Waals surface area contributed by atoms with Gasteiger partial charge in [0.1, 0.15) is 11.5 Å². The van der Waals surface area contributed by atoms with Crippen molar-refractivity contribution >= 4 is 32.3 Å². The van der Waals surface area contributed by atoms with Crippen LogP contribution in [0.15, 0.2) is 36.4 Å². The maximum Gasteiger partial charge on any atom is 0.208 e. The lowest BCUT2D eigenvalue weighted by Crippen LogP contribution is -2.07. The lowest BCUT2D eigenvalue weighted by Gasteiger charge is -2.23. The van der Waals surface area contributed by atoms with Crippen molar-refractivity contribution < 1.29 is 29.2 Å². The topological polar surface area (TPSA) is 77.4 Å². The zero-order valence-electron chi connectivity index (χ0n) is 30.1. The summed E-state index contributed by atoms with van der Waals surface area (Å²) in [5.41, 5.74) is 0. The van der Waals surface area contributed by atoms with E-state index in [1.807, 2.05) is 18.2 Å². The molecule has 48 heavy (non-hydrogen) atoms. The first-order chi connectivity index (χ1) is 23.6. The molecule has 0 fully saturated rings. The minimum Gasteiger partial charge on any atom is -0.508 e. The fourth-order valence-corrected chi connectivity index (χ4v) is 6.51. The SMILES string of the molecule is CCCCCCOc1c(O)c(OCCCCCC)c2c3cc(O)ccc3c3cccc(OCCCCCC)c3c2c1OCCCCCC. The lowest BCUT2D eigenvalue weighted by atomic mass is 9.91. The summed E-state index contributed by atoms with van der Waals surface area (Å²) in [6, 6.07) is 11.6. The monoisotopic (exact) mass is 660 g/mol. The minimum absolute atomic E-state index is 0.0426. The molecule has 0 aromatic heterocycles. The predicted octanol–water partition coefficient (Wildman–Crippen LogP) is 12.4. The number of hydrogen-bond acceptors (Lipinski definition) is 6. The number of benzene rings is 4. The zero-order chi connectivity index (χ0) is 34.1. The fourth-order valence-electron chi connectivity index (χ4n) is 6.51. The van der Waals surface area contributed by atoms with Crippen LogP contribution in [0.2, 0.25) is 0 Å². The minimum atomic E-state index is -0.0426. The molecule has 0 aliphatic heterocycles. The summed E-state index contributed by atoms with van der Waals surface area (Å²) < 4.78 is 26.3. The van der Waals surface area contributed by atoms with Gasteiger partial charge in [0.25, 0.3) is 0 Å². The highest BCUT2D eigenvalue weighted by atomic mass is 16.5. The van der Waals surface area contributed by atoms with E-state index in [2.05, 4.69) is 33.8 Å². The molecule has 4 rings (SSSR count). The van der Waals surface area contributed by atoms with Crippen LogP contribution in [0.4, 0.5) is 0 Å². The first-order valence-corrected chi connectivity index (χ1v) is 19.0. The predicted molar refractivity (Wildman–Crippen MR) is 201 cm³/mol. The molecule has 0 saturated heterocycles. The molecule has 264 valence electrons. The molecule has 0 unspecified atom stereocenters. The van der Waals surface area contributed by atoms with Crippen LogP contribution in [0, 0.1) is 0 Å². The lowest BCUT2D eigenvalue weighted by molar-refractivity contribution is 0.242. The summed E-state index contributed by atoms with van der Waals surface area (Å²) in [6.45, 7) is 10.8. The van der Waals surface area contributed by atoms with Crippen molar-refractivity contribution in [1.29, 1.82) is 0 Å². The maximum absolute atomic E-state index is 12.1. The summed E-state index contributed by atoms with van der Waals surface area (Å²) in [5, 5.41) is 28.0. The maximum atomic E-state index is 12.1. The molecular formula is C42H60O6. The van der Waals surface area contributed by atoms with Crippen molar-refractivity contribution in [3.05, 3.63) is 36.4 Å². The van der Waals surface area contributed by atoms with Crippen molar-refractivity contribution in [2.75, 3.05) is 26.4 Å². The quantitative estimate of drug-likeness (QED) is 0.0575. The molecule has 2 N–H and O–H groups in total. The summed E-state index contributed by atoms with van der Waals surface area (Å²) in [7, 11) is 0. The van der Waals surface area contributed by atoms with Gasteiger partial charge in [-0.15, -0.1) is 0 Å². The number of fused-ring (bicyclic) bond motifs is 6. The molecule has 0 aliphatic rings. The molecule has 0 radical (unpaired) electrons. The first-order valence-electron chi connectivity index (χ1n) is 19.0. The van der Waals surface area contributed by atoms with E-state index in [9.17, 15) is 10.2 Å². The van der Waals surface area contributed by atoms with Crippen LogP contribution in [0.5, 0.6) is 34.5 Å². The van der Waals surface area contributed by atoms with E-state index in [-0.39, 0.29) is 11.5 Å². The molecule has 0 saturated carbocycles. The molecule has 0 bridgehead atoms. The second-order valence-electron chi connectivity index (χ2n) is 13.1. The number of aromatic hydroxyl groups is 2. The van der Waals surface area contributed by atoms with Gasteiger partial charge in [-0.25, -0.2) is 0 Å². The van der Waals surface area contributed by atoms with E-state index in [1.165, 1.54) is 12.8 Å². The average Bonchev–Trinajstić information content (AvgIpc) is 3.09. The third kappa shape index (κ3) is 9.54. The van der Waals surface area contributed by atoms with Gasteiger partial charge in [0.2, 0.25) is 11.5 Å². The van der Waals surface area contributed by atoms with Crippen LogP contribution >= 0.6 is 0 Å². The Kier molecular flexibility index (Phi) is 15.6. The molecule has 0 amide bonds. The normalized spacial score (nSPS) is 11.5. The Bertz CT molecular complexity index is 1560. The number of ether oxygens (including phenoxy) is 4. The molecule has 4 aromatic rings. The van der Waals surface area contributed by atoms with Gasteiger partial charge >= 0.3 is 0 Å². The van der Waals surface area contributed by atoms with Crippen LogP contribution in [-0.2, 0) is 0 Å². The summed E-state index contributed by atoms with van der Waals surface area (Å²) >= 11 is 0. The highest BCUT2D eigenvalue weighted by molar-refractivity contribution is 6.31. The Morgan fingerprint density at radius 2 is 0.958 bits per heavy atom. The number of phenols is 2. The standard InChI is InChI=1S/C42H60O6/c1-5-9-13-17-26-45-35-23-21-22-33-32-25-24-31(43)30-34(32)37-38(36(33)35)41(47-28-19-15-11-7-3)42(48-29-20-16-12-8-4)39(44)40(37)46-27-18-14-10-6-2/h21-25,30,43-44H,5-20,26-29H2,1-4H3. The Balaban J connectivity index is 2.00. The van der Waals surface area contributed by atoms with Gasteiger partial charge in [-0.05, 0) is 60.0 Å². The first kappa shape index (κ1) is 37.3. The van der Waals surface area contributed by atoms with Gasteiger partial charge in [-0.3, -0.25) is 0 Å². The van der Waals surface area contributed by atoms with Gasteiger partial charge < -0.3 is 29.2 Å². The van der Waals surface area contributed by atoms with E-state index in [0.29, 0.717) is 49.1 Å². The van der Waals surface area contributed by atoms with E-state index in [0.717, 1.165) is 123 Å². The Hall–Kier alpha value is -3.54. The summed E-state index contributed by atoms with van der Waals surface area (Å²) in [4.78, 5) is 0. The van der Waals surface area contributed by atoms with Gasteiger partial charge in [0.15, 0.2) is 11.5 Å². The molecule has 0 heterocycles. The summed E-state index contributed by atoms with van der Waals surface area (Å²) in [5.74, 6) is 2.10. The van der Waals surface area contributed by atoms with Crippen LogP contribution in [0.3, 0.4) is 0 Å². The van der Waals surface area contributed by atoms with Crippen LogP contribution in [-0.4, -0.2) is 36.6 Å². The van der Waals surface area contributed by atoms with Gasteiger partial charge in [-0.1, -0.05) is 123 Å². The van der Waals surface area contributed by atoms with Crippen molar-refractivity contribution in [2.24, 2.45) is 0 Å². The van der Waals surface area contributed by atoms with E-state index in [4.69, 9.17) is 18.9 Å². The van der Waals surface area contributed by atoms with Crippen molar-refractivity contribution in [3.8, 4) is 34.5 Å². The second kappa shape index (κ2) is 20.1. The Morgan fingerprint density at radius 3 is 1.52 bits per heavy atom. The molecule has 6 nitrogen and oxygen atoms in total. The fraction of sp³-hybridized carbons (Fsp3) is 0.571. The van der Waals surface area contributed by atoms with E-state index in [1.54, 1.807) is 12.1 Å². The molecule has 4 aromatic carbocycles. The van der Waals surface area contributed by atoms with Crippen LogP contribution in [0.1, 0.15) is 130 Å². The number of hydrogen-bond donors (Lipinski definition) is 2. The largest absolute Gasteiger partial charge is 0.508 e. The van der Waals surface area contributed by atoms with Gasteiger partial charge in [0.05, 0.1) is 26.4 Å². The molecule has 0 aliphatic carbocycles. The van der Waals surface area contributed by atoms with Crippen molar-refractivity contribution in [1.82, 2.24) is 0 Å². The third-order valence-electron chi connectivity index (χ3n) is 9.17. The number of unbranched alkanes of at least 4 members (excludes halogenated alkanes) is 12. The van der Waals surface area contributed by atoms with Crippen LogP contribution < -0.4 is 18.9 Å². The summed E-state index contributed by atoms with van der Waals surface area (Å²) in [6.07, 6.45) is 17.1. The van der Waals surface area contributed by atoms with Gasteiger partial charge in [0, 0.05) is 16.2 Å². The molecular weight excluding hydrogens is 600 g/mol. The number of rotatable bonds is 24. The van der Waals surface area contributed by atoms with E-state index < -0.39 is 0 Å². The van der Waals surface area contributed by atoms with Crippen molar-refractivity contribution in [2.45, 2.75) is 130 Å². The van der Waals surface area contributed by atoms with Crippen molar-refractivity contribution in [3.63, 3.8) is 0 Å². The highest BCUT2D eigenvalue weighted by Gasteiger charge is 2.28. The molecule has 0 atom stereocenters. The van der Waals surface area contributed by atoms with Crippen LogP contribution in [0.25, 0.3) is 32.3 Å². The third-order valence-corrected chi connectivity index (χ3v) is 9.17. The number of phenolic OH excluding ortho intramolecular Hbond substituents is 2. The van der Waals surface area contributed by atoms with Gasteiger partial charge in [-0.2, -0.15) is 0 Å². The Labute approximate surface area is 288 Å². The van der Waals surface area contributed by atoms with E-state index >= 15 is 0 Å². The second-order valence-corrected chi connectivity index (χ2v) is 13.1. The zero-order valence-corrected chi connectivity index (χ0v) is 30.1. The smallest absolute Gasteiger partial charge is 0.208 e.